The van der Waals surface area contributed by atoms with Gasteiger partial charge in [0.15, 0.2) is 0 Å². The minimum absolute atomic E-state index is 0.179. The lowest BCUT2D eigenvalue weighted by atomic mass is 10.1. The Hall–Kier alpha value is -2.37. The number of esters is 1. The Labute approximate surface area is 118 Å². The van der Waals surface area contributed by atoms with E-state index in [4.69, 9.17) is 4.74 Å². The van der Waals surface area contributed by atoms with Crippen molar-refractivity contribution in [3.05, 3.63) is 65.0 Å². The lowest BCUT2D eigenvalue weighted by molar-refractivity contribution is -0.137. The Morgan fingerprint density at radius 1 is 1.10 bits per heavy atom. The first-order chi connectivity index (χ1) is 9.75. The van der Waals surface area contributed by atoms with Gasteiger partial charge in [0.2, 0.25) is 0 Å². The van der Waals surface area contributed by atoms with Gasteiger partial charge >= 0.3 is 12.1 Å². The van der Waals surface area contributed by atoms with Crippen LogP contribution in [0.2, 0.25) is 0 Å². The van der Waals surface area contributed by atoms with Crippen LogP contribution in [0, 0.1) is 12.7 Å². The highest BCUT2D eigenvalue weighted by molar-refractivity contribution is 5.91. The maximum Gasteiger partial charge on any atom is 0.416 e. The fraction of sp³-hybridized carbons (Fsp3) is 0.133. The van der Waals surface area contributed by atoms with Crippen molar-refractivity contribution in [2.75, 3.05) is 0 Å². The molecule has 2 nitrogen and oxygen atoms in total. The largest absolute Gasteiger partial charge is 0.423 e. The zero-order chi connectivity index (χ0) is 15.6. The van der Waals surface area contributed by atoms with Crippen molar-refractivity contribution in [1.29, 1.82) is 0 Å². The Bertz CT molecular complexity index is 678. The van der Waals surface area contributed by atoms with Gasteiger partial charge < -0.3 is 4.74 Å². The lowest BCUT2D eigenvalue weighted by Gasteiger charge is -2.09. The minimum Gasteiger partial charge on any atom is -0.423 e. The molecule has 2 rings (SSSR count). The van der Waals surface area contributed by atoms with Crippen LogP contribution in [-0.2, 0) is 6.18 Å². The number of aryl methyl sites for hydroxylation is 1. The smallest absolute Gasteiger partial charge is 0.416 e. The van der Waals surface area contributed by atoms with Gasteiger partial charge in [-0.3, -0.25) is 0 Å². The molecule has 0 aromatic heterocycles. The standard InChI is InChI=1S/C15H10F4O2/c1-9-3-2-4-13(5-9)21-14(20)10-6-11(15(17,18)19)8-12(16)7-10/h2-8H,1H3. The van der Waals surface area contributed by atoms with Gasteiger partial charge in [-0.25, -0.2) is 9.18 Å². The molecule has 0 aliphatic rings. The van der Waals surface area contributed by atoms with Crippen LogP contribution in [0.5, 0.6) is 5.75 Å². The number of carbonyl (C=O) groups excluding carboxylic acids is 1. The highest BCUT2D eigenvalue weighted by atomic mass is 19.4. The van der Waals surface area contributed by atoms with Gasteiger partial charge in [0.1, 0.15) is 11.6 Å². The molecule has 0 spiro atoms. The first kappa shape index (κ1) is 15.0. The second-order valence-electron chi connectivity index (χ2n) is 4.43. The van der Waals surface area contributed by atoms with E-state index < -0.39 is 29.1 Å². The second-order valence-corrected chi connectivity index (χ2v) is 4.43. The summed E-state index contributed by atoms with van der Waals surface area (Å²) in [7, 11) is 0. The van der Waals surface area contributed by atoms with Gasteiger partial charge in [0.25, 0.3) is 0 Å². The van der Waals surface area contributed by atoms with E-state index in [1.165, 1.54) is 6.07 Å². The third-order valence-electron chi connectivity index (χ3n) is 2.66. The van der Waals surface area contributed by atoms with Crippen LogP contribution >= 0.6 is 0 Å². The molecule has 0 amide bonds. The van der Waals surface area contributed by atoms with Gasteiger partial charge in [-0.2, -0.15) is 13.2 Å². The zero-order valence-electron chi connectivity index (χ0n) is 10.9. The molecule has 0 fully saturated rings. The summed E-state index contributed by atoms with van der Waals surface area (Å²) in [6, 6.07) is 8.00. The number of rotatable bonds is 2. The summed E-state index contributed by atoms with van der Waals surface area (Å²) >= 11 is 0. The van der Waals surface area contributed by atoms with E-state index in [0.29, 0.717) is 18.2 Å². The summed E-state index contributed by atoms with van der Waals surface area (Å²) in [6.07, 6.45) is -4.74. The van der Waals surface area contributed by atoms with Crippen LogP contribution in [-0.4, -0.2) is 5.97 Å². The predicted molar refractivity (Wildman–Crippen MR) is 67.5 cm³/mol. The van der Waals surface area contributed by atoms with Crippen molar-refractivity contribution in [1.82, 2.24) is 0 Å². The van der Waals surface area contributed by atoms with Crippen LogP contribution in [0.4, 0.5) is 17.6 Å². The van der Waals surface area contributed by atoms with E-state index in [-0.39, 0.29) is 5.75 Å². The molecule has 0 bridgehead atoms. The monoisotopic (exact) mass is 298 g/mol. The zero-order valence-corrected chi connectivity index (χ0v) is 10.9. The van der Waals surface area contributed by atoms with Crippen LogP contribution in [0.25, 0.3) is 0 Å². The molecule has 0 radical (unpaired) electrons. The molecular weight excluding hydrogens is 288 g/mol. The first-order valence-corrected chi connectivity index (χ1v) is 5.92. The molecule has 0 saturated carbocycles. The van der Waals surface area contributed by atoms with E-state index in [9.17, 15) is 22.4 Å². The fourth-order valence-corrected chi connectivity index (χ4v) is 1.72. The lowest BCUT2D eigenvalue weighted by Crippen LogP contribution is -2.12. The van der Waals surface area contributed by atoms with Crippen molar-refractivity contribution in [3.8, 4) is 5.75 Å². The van der Waals surface area contributed by atoms with E-state index in [0.717, 1.165) is 5.56 Å². The van der Waals surface area contributed by atoms with Gasteiger partial charge in [-0.15, -0.1) is 0 Å². The second kappa shape index (κ2) is 5.55. The number of benzene rings is 2. The third-order valence-corrected chi connectivity index (χ3v) is 2.66. The van der Waals surface area contributed by atoms with E-state index in [1.807, 2.05) is 0 Å². The normalized spacial score (nSPS) is 11.3. The number of halogens is 4. The van der Waals surface area contributed by atoms with Crippen molar-refractivity contribution in [3.63, 3.8) is 0 Å². The molecule has 0 atom stereocenters. The maximum atomic E-state index is 13.2. The molecule has 0 unspecified atom stereocenters. The molecule has 0 aliphatic carbocycles. The fourth-order valence-electron chi connectivity index (χ4n) is 1.72. The SMILES string of the molecule is Cc1cccc(OC(=O)c2cc(F)cc(C(F)(F)F)c2)c1. The summed E-state index contributed by atoms with van der Waals surface area (Å²) < 4.78 is 55.9. The Morgan fingerprint density at radius 3 is 2.43 bits per heavy atom. The van der Waals surface area contributed by atoms with Gasteiger partial charge in [0, 0.05) is 0 Å². The molecule has 0 N–H and O–H groups in total. The molecule has 21 heavy (non-hydrogen) atoms. The third kappa shape index (κ3) is 3.81. The minimum atomic E-state index is -4.74. The average molecular weight is 298 g/mol. The topological polar surface area (TPSA) is 26.3 Å². The van der Waals surface area contributed by atoms with E-state index >= 15 is 0 Å². The van der Waals surface area contributed by atoms with Crippen molar-refractivity contribution in [2.45, 2.75) is 13.1 Å². The van der Waals surface area contributed by atoms with Gasteiger partial charge in [-0.05, 0) is 42.8 Å². The number of hydrogen-bond acceptors (Lipinski definition) is 2. The molecule has 2 aromatic rings. The maximum absolute atomic E-state index is 13.2. The Morgan fingerprint density at radius 2 is 1.81 bits per heavy atom. The van der Waals surface area contributed by atoms with Crippen molar-refractivity contribution in [2.24, 2.45) is 0 Å². The summed E-state index contributed by atoms with van der Waals surface area (Å²) in [5.41, 5.74) is -0.918. The number of alkyl halides is 3. The molecule has 0 heterocycles. The number of ether oxygens (including phenoxy) is 1. The number of carbonyl (C=O) groups is 1. The molecule has 2 aromatic carbocycles. The van der Waals surface area contributed by atoms with Gasteiger partial charge in [0.05, 0.1) is 11.1 Å². The van der Waals surface area contributed by atoms with Crippen LogP contribution in [0.1, 0.15) is 21.5 Å². The number of hydrogen-bond donors (Lipinski definition) is 0. The highest BCUT2D eigenvalue weighted by Crippen LogP contribution is 2.30. The quantitative estimate of drug-likeness (QED) is 0.467. The van der Waals surface area contributed by atoms with Crippen LogP contribution in [0.3, 0.4) is 0 Å². The van der Waals surface area contributed by atoms with Crippen LogP contribution < -0.4 is 4.74 Å². The summed E-state index contributed by atoms with van der Waals surface area (Å²) in [5, 5.41) is 0. The molecule has 6 heteroatoms. The predicted octanol–water partition coefficient (Wildman–Crippen LogP) is 4.37. The van der Waals surface area contributed by atoms with Crippen molar-refractivity contribution < 1.29 is 27.1 Å². The Kier molecular flexibility index (Phi) is 3.97. The summed E-state index contributed by atoms with van der Waals surface area (Å²) in [6.45, 7) is 1.77. The van der Waals surface area contributed by atoms with E-state index in [1.54, 1.807) is 25.1 Å². The van der Waals surface area contributed by atoms with Gasteiger partial charge in [-0.1, -0.05) is 12.1 Å². The van der Waals surface area contributed by atoms with E-state index in [2.05, 4.69) is 0 Å². The molecular formula is C15H10F4O2. The molecule has 110 valence electrons. The molecule has 0 aliphatic heterocycles. The summed E-state index contributed by atoms with van der Waals surface area (Å²) in [5.74, 6) is -2.02. The summed E-state index contributed by atoms with van der Waals surface area (Å²) in [4.78, 5) is 11.8. The molecule has 0 saturated heterocycles. The highest BCUT2D eigenvalue weighted by Gasteiger charge is 2.32. The average Bonchev–Trinajstić information content (AvgIpc) is 2.37. The van der Waals surface area contributed by atoms with Crippen molar-refractivity contribution >= 4 is 5.97 Å². The van der Waals surface area contributed by atoms with Crippen LogP contribution in [0.15, 0.2) is 42.5 Å². The first-order valence-electron chi connectivity index (χ1n) is 5.92. The Balaban J connectivity index is 2.29.